The molecular weight excluding hydrogens is 701 g/mol. The normalized spacial score (nSPS) is 11.8. The van der Waals surface area contributed by atoms with Crippen LogP contribution in [0.25, 0.3) is 93.5 Å². The fraction of sp³-hybridized carbons (Fsp3) is 0. The molecule has 12 rings (SSSR count). The second-order valence-corrected chi connectivity index (χ2v) is 15.3. The molecule has 0 radical (unpaired) electrons. The molecule has 2 heteroatoms. The average molecular weight is 737 g/mol. The maximum absolute atomic E-state index is 2.44. The SMILES string of the molecule is c1ccc(-c2cccc(N(c3ccc4c(c3)-c3cccc5cc6ccccc6c-4c35)c3ccc4c(c3)c3ccccc3n4-c3ccccc3-c3ccccc3)c2)cc1. The van der Waals surface area contributed by atoms with E-state index in [0.717, 1.165) is 17.1 Å². The Kier molecular flexibility index (Phi) is 7.26. The first kappa shape index (κ1) is 32.6. The van der Waals surface area contributed by atoms with Crippen molar-refractivity contribution in [1.29, 1.82) is 0 Å². The average Bonchev–Trinajstić information content (AvgIpc) is 3.81. The van der Waals surface area contributed by atoms with Crippen LogP contribution in [-0.4, -0.2) is 4.57 Å². The van der Waals surface area contributed by atoms with Gasteiger partial charge in [-0.3, -0.25) is 0 Å². The highest BCUT2D eigenvalue weighted by molar-refractivity contribution is 6.24. The lowest BCUT2D eigenvalue weighted by Crippen LogP contribution is -2.10. The Bertz CT molecular complexity index is 3390. The van der Waals surface area contributed by atoms with E-state index in [1.165, 1.54) is 93.5 Å². The number of para-hydroxylation sites is 2. The van der Waals surface area contributed by atoms with E-state index in [1.807, 2.05) is 0 Å². The largest absolute Gasteiger partial charge is 0.310 e. The molecule has 0 amide bonds. The van der Waals surface area contributed by atoms with Gasteiger partial charge in [0.05, 0.1) is 16.7 Å². The van der Waals surface area contributed by atoms with Gasteiger partial charge in [0, 0.05) is 33.4 Å². The number of aromatic nitrogens is 1. The standard InChI is InChI=1S/C56H36N2/c1-3-15-37(16-4-1)39-20-13-22-42(34-39)57(43-29-31-49-50(35-43)48-26-14-21-41-33-40-19-7-8-24-46(40)56(49)55(41)48)44-30-32-54-51(36-44)47-25-10-12-28-53(47)58(54)52-27-11-9-23-45(52)38-17-5-2-6-18-38/h1-36H. The maximum atomic E-state index is 2.44. The lowest BCUT2D eigenvalue weighted by Gasteiger charge is -2.27. The number of rotatable bonds is 6. The van der Waals surface area contributed by atoms with Gasteiger partial charge in [0.25, 0.3) is 0 Å². The molecule has 11 aromatic rings. The number of nitrogens with zero attached hydrogens (tertiary/aromatic N) is 2. The Labute approximate surface area is 337 Å². The van der Waals surface area contributed by atoms with Crippen molar-refractivity contribution >= 4 is 60.4 Å². The zero-order valence-electron chi connectivity index (χ0n) is 31.7. The molecule has 0 fully saturated rings. The molecule has 0 N–H and O–H groups in total. The topological polar surface area (TPSA) is 8.17 Å². The molecule has 2 nitrogen and oxygen atoms in total. The highest BCUT2D eigenvalue weighted by Crippen LogP contribution is 2.52. The van der Waals surface area contributed by atoms with Gasteiger partial charge in [0.1, 0.15) is 0 Å². The molecule has 0 bridgehead atoms. The van der Waals surface area contributed by atoms with Gasteiger partial charge < -0.3 is 9.47 Å². The van der Waals surface area contributed by atoms with E-state index in [4.69, 9.17) is 0 Å². The van der Waals surface area contributed by atoms with Crippen LogP contribution < -0.4 is 4.90 Å². The first-order valence-electron chi connectivity index (χ1n) is 20.0. The van der Waals surface area contributed by atoms with E-state index in [9.17, 15) is 0 Å². The van der Waals surface area contributed by atoms with E-state index in [2.05, 4.69) is 228 Å². The van der Waals surface area contributed by atoms with Crippen molar-refractivity contribution in [3.05, 3.63) is 218 Å². The summed E-state index contributed by atoms with van der Waals surface area (Å²) in [4.78, 5) is 2.44. The number of benzene rings is 10. The second kappa shape index (κ2) is 12.9. The van der Waals surface area contributed by atoms with Crippen LogP contribution in [0.15, 0.2) is 218 Å². The number of hydrogen-bond donors (Lipinski definition) is 0. The first-order valence-corrected chi connectivity index (χ1v) is 20.0. The summed E-state index contributed by atoms with van der Waals surface area (Å²) >= 11 is 0. The van der Waals surface area contributed by atoms with Crippen LogP contribution in [0.1, 0.15) is 0 Å². The van der Waals surface area contributed by atoms with E-state index in [1.54, 1.807) is 0 Å². The Hall–Kier alpha value is -7.68. The smallest absolute Gasteiger partial charge is 0.0542 e. The molecular formula is C56H36N2. The van der Waals surface area contributed by atoms with Crippen LogP contribution in [0.3, 0.4) is 0 Å². The van der Waals surface area contributed by atoms with Crippen molar-refractivity contribution in [3.8, 4) is 50.2 Å². The minimum atomic E-state index is 1.11. The van der Waals surface area contributed by atoms with Gasteiger partial charge in [0.15, 0.2) is 0 Å². The third-order valence-electron chi connectivity index (χ3n) is 12.1. The molecule has 10 aromatic carbocycles. The van der Waals surface area contributed by atoms with E-state index < -0.39 is 0 Å². The van der Waals surface area contributed by atoms with Crippen LogP contribution in [0.5, 0.6) is 0 Å². The molecule has 0 saturated heterocycles. The van der Waals surface area contributed by atoms with Gasteiger partial charge >= 0.3 is 0 Å². The fourth-order valence-electron chi connectivity index (χ4n) is 9.53. The third kappa shape index (κ3) is 4.99. The number of fused-ring (bicyclic) bond motifs is 8. The Morgan fingerprint density at radius 2 is 0.931 bits per heavy atom. The van der Waals surface area contributed by atoms with Crippen molar-refractivity contribution in [3.63, 3.8) is 0 Å². The maximum Gasteiger partial charge on any atom is 0.0542 e. The molecule has 0 atom stereocenters. The van der Waals surface area contributed by atoms with Crippen LogP contribution in [-0.2, 0) is 0 Å². The summed E-state index contributed by atoms with van der Waals surface area (Å²) < 4.78 is 2.44. The fourth-order valence-corrected chi connectivity index (χ4v) is 9.53. The number of hydrogen-bond acceptors (Lipinski definition) is 1. The van der Waals surface area contributed by atoms with Crippen molar-refractivity contribution in [2.45, 2.75) is 0 Å². The zero-order valence-corrected chi connectivity index (χ0v) is 31.7. The van der Waals surface area contributed by atoms with Crippen LogP contribution >= 0.6 is 0 Å². The summed E-state index contributed by atoms with van der Waals surface area (Å²) in [5.74, 6) is 0. The van der Waals surface area contributed by atoms with Crippen molar-refractivity contribution in [1.82, 2.24) is 4.57 Å². The summed E-state index contributed by atoms with van der Waals surface area (Å²) in [6, 6.07) is 80.0. The van der Waals surface area contributed by atoms with E-state index in [0.29, 0.717) is 0 Å². The summed E-state index contributed by atoms with van der Waals surface area (Å²) in [5, 5.41) is 7.64. The molecule has 1 heterocycles. The third-order valence-corrected chi connectivity index (χ3v) is 12.1. The summed E-state index contributed by atoms with van der Waals surface area (Å²) in [5.41, 5.74) is 16.9. The summed E-state index contributed by atoms with van der Waals surface area (Å²) in [6.45, 7) is 0. The Balaban J connectivity index is 1.09. The van der Waals surface area contributed by atoms with Gasteiger partial charge in [-0.2, -0.15) is 0 Å². The molecule has 1 aliphatic carbocycles. The predicted molar refractivity (Wildman–Crippen MR) is 246 cm³/mol. The lowest BCUT2D eigenvalue weighted by molar-refractivity contribution is 1.18. The molecule has 58 heavy (non-hydrogen) atoms. The predicted octanol–water partition coefficient (Wildman–Crippen LogP) is 15.5. The molecule has 0 spiro atoms. The molecule has 0 aliphatic heterocycles. The Morgan fingerprint density at radius 1 is 0.310 bits per heavy atom. The quantitative estimate of drug-likeness (QED) is 0.154. The van der Waals surface area contributed by atoms with Crippen LogP contribution in [0.2, 0.25) is 0 Å². The molecule has 1 aliphatic rings. The van der Waals surface area contributed by atoms with E-state index in [-0.39, 0.29) is 0 Å². The van der Waals surface area contributed by atoms with Gasteiger partial charge in [-0.15, -0.1) is 0 Å². The van der Waals surface area contributed by atoms with Crippen molar-refractivity contribution in [2.75, 3.05) is 4.90 Å². The second-order valence-electron chi connectivity index (χ2n) is 15.3. The van der Waals surface area contributed by atoms with Crippen LogP contribution in [0, 0.1) is 0 Å². The molecule has 0 unspecified atom stereocenters. The summed E-state index contributed by atoms with van der Waals surface area (Å²) in [7, 11) is 0. The zero-order chi connectivity index (χ0) is 38.2. The van der Waals surface area contributed by atoms with Crippen molar-refractivity contribution in [2.24, 2.45) is 0 Å². The van der Waals surface area contributed by atoms with Gasteiger partial charge in [-0.05, 0) is 121 Å². The molecule has 270 valence electrons. The summed E-state index contributed by atoms with van der Waals surface area (Å²) in [6.07, 6.45) is 0. The highest BCUT2D eigenvalue weighted by atomic mass is 15.1. The van der Waals surface area contributed by atoms with Crippen LogP contribution in [0.4, 0.5) is 17.1 Å². The van der Waals surface area contributed by atoms with Gasteiger partial charge in [-0.25, -0.2) is 0 Å². The minimum absolute atomic E-state index is 1.11. The minimum Gasteiger partial charge on any atom is -0.310 e. The van der Waals surface area contributed by atoms with E-state index >= 15 is 0 Å². The highest BCUT2D eigenvalue weighted by Gasteiger charge is 2.26. The lowest BCUT2D eigenvalue weighted by atomic mass is 9.96. The van der Waals surface area contributed by atoms with Crippen molar-refractivity contribution < 1.29 is 0 Å². The van der Waals surface area contributed by atoms with Gasteiger partial charge in [-0.1, -0.05) is 158 Å². The molecule has 0 saturated carbocycles. The monoisotopic (exact) mass is 736 g/mol. The first-order chi connectivity index (χ1) is 28.8. The number of anilines is 3. The van der Waals surface area contributed by atoms with Gasteiger partial charge in [0.2, 0.25) is 0 Å². The Morgan fingerprint density at radius 3 is 1.81 bits per heavy atom. The molecule has 1 aromatic heterocycles.